The maximum Gasteiger partial charge on any atom is 0.278 e. The maximum atomic E-state index is 12.9. The number of nitriles is 1. The minimum Gasteiger partial charge on any atom is -0.295 e. The molecule has 6 heteroatoms. The van der Waals surface area contributed by atoms with Gasteiger partial charge in [-0.05, 0) is 44.2 Å². The number of aromatic nitrogens is 3. The van der Waals surface area contributed by atoms with E-state index in [0.717, 1.165) is 21.5 Å². The molecule has 0 fully saturated rings. The molecule has 0 amide bonds. The van der Waals surface area contributed by atoms with Crippen molar-refractivity contribution in [2.45, 2.75) is 13.8 Å². The molecule has 2 aromatic carbocycles. The zero-order chi connectivity index (χ0) is 19.0. The van der Waals surface area contributed by atoms with Crippen molar-refractivity contribution in [3.63, 3.8) is 0 Å². The lowest BCUT2D eigenvalue weighted by Crippen LogP contribution is -2.15. The molecule has 0 atom stereocenters. The fraction of sp³-hybridized carbons (Fsp3) is 0.0952. The Balaban J connectivity index is 1.81. The van der Waals surface area contributed by atoms with Gasteiger partial charge in [-0.25, -0.2) is 9.67 Å². The highest BCUT2D eigenvalue weighted by atomic mass is 32.1. The number of aromatic amines is 1. The lowest BCUT2D eigenvalue weighted by molar-refractivity contribution is 0.835. The van der Waals surface area contributed by atoms with Crippen molar-refractivity contribution in [2.24, 2.45) is 0 Å². The summed E-state index contributed by atoms with van der Waals surface area (Å²) in [4.78, 5) is 17.4. The molecule has 132 valence electrons. The van der Waals surface area contributed by atoms with E-state index >= 15 is 0 Å². The predicted molar refractivity (Wildman–Crippen MR) is 109 cm³/mol. The van der Waals surface area contributed by atoms with Crippen LogP contribution >= 0.6 is 11.3 Å². The summed E-state index contributed by atoms with van der Waals surface area (Å²) in [5, 5.41) is 13.3. The molecule has 0 saturated carbocycles. The number of aryl methyl sites for hydroxylation is 2. The Bertz CT molecular complexity index is 1230. The van der Waals surface area contributed by atoms with Gasteiger partial charge in [0, 0.05) is 5.69 Å². The van der Waals surface area contributed by atoms with Crippen LogP contribution in [0.4, 0.5) is 0 Å². The van der Waals surface area contributed by atoms with E-state index in [2.05, 4.69) is 16.2 Å². The Kier molecular flexibility index (Phi) is 4.22. The van der Waals surface area contributed by atoms with Crippen molar-refractivity contribution in [1.29, 1.82) is 5.26 Å². The highest BCUT2D eigenvalue weighted by Gasteiger charge is 2.14. The molecule has 4 rings (SSSR count). The van der Waals surface area contributed by atoms with Crippen LogP contribution in [0.3, 0.4) is 0 Å². The number of nitrogens with zero attached hydrogens (tertiary/aromatic N) is 3. The summed E-state index contributed by atoms with van der Waals surface area (Å²) in [6.45, 7) is 3.82. The minimum absolute atomic E-state index is 0.190. The van der Waals surface area contributed by atoms with Crippen LogP contribution in [0, 0.1) is 25.2 Å². The summed E-state index contributed by atoms with van der Waals surface area (Å²) < 4.78 is 2.50. The summed E-state index contributed by atoms with van der Waals surface area (Å²) in [6.07, 6.45) is 1.62. The van der Waals surface area contributed by atoms with Gasteiger partial charge in [0.15, 0.2) is 0 Å². The van der Waals surface area contributed by atoms with Crippen LogP contribution in [0.1, 0.15) is 21.8 Å². The lowest BCUT2D eigenvalue weighted by atomic mass is 10.1. The molecule has 0 radical (unpaired) electrons. The normalized spacial score (nSPS) is 11.7. The molecular formula is C21H16N4OS. The Morgan fingerprint density at radius 3 is 2.63 bits per heavy atom. The number of para-hydroxylation sites is 1. The first-order chi connectivity index (χ1) is 13.1. The van der Waals surface area contributed by atoms with E-state index in [1.807, 2.05) is 62.4 Å². The topological polar surface area (TPSA) is 74.5 Å². The van der Waals surface area contributed by atoms with Gasteiger partial charge in [-0.1, -0.05) is 29.8 Å². The number of thiazole rings is 1. The fourth-order valence-corrected chi connectivity index (χ4v) is 3.81. The number of hydrogen-bond acceptors (Lipinski definition) is 4. The van der Waals surface area contributed by atoms with Gasteiger partial charge >= 0.3 is 0 Å². The maximum absolute atomic E-state index is 12.9. The molecule has 2 aromatic heterocycles. The van der Waals surface area contributed by atoms with E-state index in [0.29, 0.717) is 21.8 Å². The second kappa shape index (κ2) is 6.71. The zero-order valence-corrected chi connectivity index (χ0v) is 15.7. The van der Waals surface area contributed by atoms with Gasteiger partial charge in [-0.3, -0.25) is 9.89 Å². The van der Waals surface area contributed by atoms with Gasteiger partial charge in [0.1, 0.15) is 11.1 Å². The Hall–Kier alpha value is -3.43. The third kappa shape index (κ3) is 3.09. The number of nitrogens with one attached hydrogen (secondary N) is 1. The van der Waals surface area contributed by atoms with Crippen LogP contribution in [-0.2, 0) is 0 Å². The average Bonchev–Trinajstić information content (AvgIpc) is 3.22. The molecular weight excluding hydrogens is 356 g/mol. The van der Waals surface area contributed by atoms with Crippen LogP contribution in [-0.4, -0.2) is 14.8 Å². The van der Waals surface area contributed by atoms with Crippen molar-refractivity contribution in [3.8, 4) is 11.8 Å². The standard InChI is InChI=1S/C21H16N4OS/c1-13-7-9-16(10-8-13)25-21(26)17(14(2)24-25)11-15(12-22)20-23-18-5-3-4-6-19(18)27-20/h3-11,24H,1-2H3/b15-11+. The molecule has 1 N–H and O–H groups in total. The molecule has 0 aliphatic carbocycles. The van der Waals surface area contributed by atoms with Crippen LogP contribution < -0.4 is 5.56 Å². The molecule has 0 unspecified atom stereocenters. The summed E-state index contributed by atoms with van der Waals surface area (Å²) >= 11 is 1.44. The van der Waals surface area contributed by atoms with Gasteiger partial charge in [-0.2, -0.15) is 5.26 Å². The van der Waals surface area contributed by atoms with Crippen LogP contribution in [0.5, 0.6) is 0 Å². The van der Waals surface area contributed by atoms with Gasteiger partial charge in [-0.15, -0.1) is 11.3 Å². The van der Waals surface area contributed by atoms with Crippen molar-refractivity contribution in [2.75, 3.05) is 0 Å². The number of hydrogen-bond donors (Lipinski definition) is 1. The highest BCUT2D eigenvalue weighted by molar-refractivity contribution is 7.19. The molecule has 0 spiro atoms. The highest BCUT2D eigenvalue weighted by Crippen LogP contribution is 2.28. The van der Waals surface area contributed by atoms with E-state index in [-0.39, 0.29) is 5.56 Å². The molecule has 0 aliphatic rings. The molecule has 5 nitrogen and oxygen atoms in total. The molecule has 0 bridgehead atoms. The largest absolute Gasteiger partial charge is 0.295 e. The molecule has 2 heterocycles. The Morgan fingerprint density at radius 1 is 1.19 bits per heavy atom. The Morgan fingerprint density at radius 2 is 1.93 bits per heavy atom. The second-order valence-corrected chi connectivity index (χ2v) is 7.31. The number of H-pyrrole nitrogens is 1. The number of fused-ring (bicyclic) bond motifs is 1. The van der Waals surface area contributed by atoms with Gasteiger partial charge in [0.25, 0.3) is 5.56 Å². The SMILES string of the molecule is Cc1ccc(-n2[nH]c(C)c(/C=C(\C#N)c3nc4ccccc4s3)c2=O)cc1. The van der Waals surface area contributed by atoms with Crippen LogP contribution in [0.2, 0.25) is 0 Å². The van der Waals surface area contributed by atoms with Gasteiger partial charge in [0.05, 0.1) is 27.0 Å². The van der Waals surface area contributed by atoms with Gasteiger partial charge < -0.3 is 0 Å². The first kappa shape index (κ1) is 17.0. The van der Waals surface area contributed by atoms with E-state index in [1.54, 1.807) is 6.08 Å². The van der Waals surface area contributed by atoms with Crippen LogP contribution in [0.15, 0.2) is 53.3 Å². The van der Waals surface area contributed by atoms with Crippen molar-refractivity contribution < 1.29 is 0 Å². The van der Waals surface area contributed by atoms with Crippen molar-refractivity contribution in [1.82, 2.24) is 14.8 Å². The Labute approximate surface area is 159 Å². The quantitative estimate of drug-likeness (QED) is 0.540. The smallest absolute Gasteiger partial charge is 0.278 e. The van der Waals surface area contributed by atoms with E-state index < -0.39 is 0 Å². The molecule has 27 heavy (non-hydrogen) atoms. The molecule has 0 aliphatic heterocycles. The first-order valence-electron chi connectivity index (χ1n) is 8.43. The fourth-order valence-electron chi connectivity index (χ4n) is 2.88. The number of benzene rings is 2. The minimum atomic E-state index is -0.190. The van der Waals surface area contributed by atoms with E-state index in [1.165, 1.54) is 16.0 Å². The third-order valence-electron chi connectivity index (χ3n) is 4.34. The first-order valence-corrected chi connectivity index (χ1v) is 9.25. The third-order valence-corrected chi connectivity index (χ3v) is 5.41. The number of rotatable bonds is 3. The summed E-state index contributed by atoms with van der Waals surface area (Å²) in [5.74, 6) is 0. The van der Waals surface area contributed by atoms with Crippen molar-refractivity contribution >= 4 is 33.2 Å². The molecule has 0 saturated heterocycles. The zero-order valence-electron chi connectivity index (χ0n) is 14.9. The average molecular weight is 372 g/mol. The van der Waals surface area contributed by atoms with Crippen molar-refractivity contribution in [3.05, 3.63) is 80.7 Å². The van der Waals surface area contributed by atoms with Crippen LogP contribution in [0.25, 0.3) is 27.6 Å². The summed E-state index contributed by atoms with van der Waals surface area (Å²) in [7, 11) is 0. The predicted octanol–water partition coefficient (Wildman–Crippen LogP) is 4.46. The van der Waals surface area contributed by atoms with Gasteiger partial charge in [0.2, 0.25) is 0 Å². The summed E-state index contributed by atoms with van der Waals surface area (Å²) in [5.41, 5.74) is 4.09. The van der Waals surface area contributed by atoms with E-state index in [4.69, 9.17) is 0 Å². The lowest BCUT2D eigenvalue weighted by Gasteiger charge is -2.01. The summed E-state index contributed by atoms with van der Waals surface area (Å²) in [6, 6.07) is 17.6. The van der Waals surface area contributed by atoms with E-state index in [9.17, 15) is 10.1 Å². The molecule has 4 aromatic rings. The monoisotopic (exact) mass is 372 g/mol. The second-order valence-electron chi connectivity index (χ2n) is 6.28. The number of allylic oxidation sites excluding steroid dienone is 1.